The van der Waals surface area contributed by atoms with Crippen LogP contribution in [0.15, 0.2) is 15.9 Å². The molecule has 1 aromatic heterocycles. The van der Waals surface area contributed by atoms with Crippen LogP contribution in [0.2, 0.25) is 0 Å². The first kappa shape index (κ1) is 14.4. The van der Waals surface area contributed by atoms with Gasteiger partial charge in [-0.15, -0.1) is 11.3 Å². The van der Waals surface area contributed by atoms with Crippen LogP contribution in [0.25, 0.3) is 0 Å². The Morgan fingerprint density at radius 3 is 2.72 bits per heavy atom. The van der Waals surface area contributed by atoms with Crippen LogP contribution in [0.3, 0.4) is 0 Å². The molecule has 1 fully saturated rings. The number of likely N-dealkylation sites (N-methyl/N-ethyl adjacent to an activating group) is 1. The van der Waals surface area contributed by atoms with E-state index in [0.717, 1.165) is 22.4 Å². The van der Waals surface area contributed by atoms with Crippen LogP contribution in [0, 0.1) is 0 Å². The van der Waals surface area contributed by atoms with E-state index in [4.69, 9.17) is 0 Å². The van der Waals surface area contributed by atoms with Crippen molar-refractivity contribution in [2.75, 3.05) is 33.4 Å². The van der Waals surface area contributed by atoms with E-state index in [1.54, 1.807) is 0 Å². The molecule has 2 atom stereocenters. The van der Waals surface area contributed by atoms with Crippen molar-refractivity contribution in [1.82, 2.24) is 9.80 Å². The molecule has 18 heavy (non-hydrogen) atoms. The summed E-state index contributed by atoms with van der Waals surface area (Å²) >= 11 is 6.79. The summed E-state index contributed by atoms with van der Waals surface area (Å²) < 4.78 is 0.909. The van der Waals surface area contributed by atoms with Crippen LogP contribution in [-0.4, -0.2) is 60.4 Å². The summed E-state index contributed by atoms with van der Waals surface area (Å²) in [6.45, 7) is 1.66. The summed E-state index contributed by atoms with van der Waals surface area (Å²) in [5.41, 5.74) is 0. The van der Waals surface area contributed by atoms with Gasteiger partial charge >= 0.3 is 0 Å². The van der Waals surface area contributed by atoms with Gasteiger partial charge in [-0.25, -0.2) is 0 Å². The number of thiophene rings is 1. The zero-order valence-corrected chi connectivity index (χ0v) is 13.9. The summed E-state index contributed by atoms with van der Waals surface area (Å²) in [6, 6.07) is 2.38. The van der Waals surface area contributed by atoms with E-state index in [-0.39, 0.29) is 5.91 Å². The number of carbonyl (C=O) groups excluding carboxylic acids is 1. The topological polar surface area (TPSA) is 23.6 Å². The summed E-state index contributed by atoms with van der Waals surface area (Å²) in [5, 5.41) is 2.45. The van der Waals surface area contributed by atoms with Gasteiger partial charge in [-0.2, -0.15) is 11.8 Å². The number of hydrogen-bond acceptors (Lipinski definition) is 4. The molecule has 0 spiro atoms. The molecule has 1 amide bonds. The average Bonchev–Trinajstić information content (AvgIpc) is 2.93. The van der Waals surface area contributed by atoms with Crippen molar-refractivity contribution >= 4 is 44.9 Å². The van der Waals surface area contributed by atoms with Gasteiger partial charge in [0.2, 0.25) is 0 Å². The Morgan fingerprint density at radius 1 is 1.56 bits per heavy atom. The first-order valence-corrected chi connectivity index (χ1v) is 8.72. The fourth-order valence-corrected chi connectivity index (χ4v) is 4.72. The molecule has 1 saturated heterocycles. The van der Waals surface area contributed by atoms with Crippen molar-refractivity contribution < 1.29 is 4.79 Å². The predicted octanol–water partition coefficient (Wildman–Crippen LogP) is 2.63. The number of carbonyl (C=O) groups is 1. The molecule has 0 saturated carbocycles. The van der Waals surface area contributed by atoms with Crippen LogP contribution in [0.5, 0.6) is 0 Å². The smallest absolute Gasteiger partial charge is 0.265 e. The van der Waals surface area contributed by atoms with Gasteiger partial charge in [-0.1, -0.05) is 0 Å². The lowest BCUT2D eigenvalue weighted by atomic mass is 10.2. The molecule has 0 unspecified atom stereocenters. The minimum absolute atomic E-state index is 0.153. The maximum atomic E-state index is 12.4. The zero-order valence-electron chi connectivity index (χ0n) is 10.7. The van der Waals surface area contributed by atoms with Gasteiger partial charge in [0.1, 0.15) is 4.88 Å². The first-order chi connectivity index (χ1) is 8.54. The number of amides is 1. The summed E-state index contributed by atoms with van der Waals surface area (Å²) in [7, 11) is 4.17. The highest BCUT2D eigenvalue weighted by Gasteiger charge is 2.36. The lowest BCUT2D eigenvalue weighted by molar-refractivity contribution is 0.0787. The second-order valence-corrected chi connectivity index (χ2v) is 7.46. The minimum Gasteiger partial charge on any atom is -0.335 e. The third-order valence-electron chi connectivity index (χ3n) is 3.30. The molecule has 0 aliphatic carbocycles. The lowest BCUT2D eigenvalue weighted by Crippen LogP contribution is -2.37. The fraction of sp³-hybridized carbons (Fsp3) is 0.583. The molecule has 1 aliphatic heterocycles. The van der Waals surface area contributed by atoms with E-state index >= 15 is 0 Å². The molecule has 0 N–H and O–H groups in total. The van der Waals surface area contributed by atoms with E-state index in [1.807, 2.05) is 28.1 Å². The zero-order chi connectivity index (χ0) is 13.3. The molecule has 0 bridgehead atoms. The third-order valence-corrected chi connectivity index (χ3v) is 6.20. The molecule has 100 valence electrons. The van der Waals surface area contributed by atoms with Gasteiger partial charge < -0.3 is 9.80 Å². The summed E-state index contributed by atoms with van der Waals surface area (Å²) in [5.74, 6) is 0.153. The van der Waals surface area contributed by atoms with Crippen LogP contribution in [0.1, 0.15) is 9.67 Å². The fourth-order valence-electron chi connectivity index (χ4n) is 2.24. The highest BCUT2D eigenvalue weighted by Crippen LogP contribution is 2.29. The predicted molar refractivity (Wildman–Crippen MR) is 82.7 cm³/mol. The van der Waals surface area contributed by atoms with Gasteiger partial charge in [0.15, 0.2) is 0 Å². The number of likely N-dealkylation sites (tertiary alicyclic amines) is 1. The maximum absolute atomic E-state index is 12.4. The van der Waals surface area contributed by atoms with Crippen LogP contribution in [-0.2, 0) is 0 Å². The Labute approximate surface area is 125 Å². The SMILES string of the molecule is CS[C@H]1CN(C(=O)c2sccc2Br)C[C@H]1N(C)C. The van der Waals surface area contributed by atoms with Crippen molar-refractivity contribution in [3.05, 3.63) is 20.8 Å². The highest BCUT2D eigenvalue weighted by atomic mass is 79.9. The van der Waals surface area contributed by atoms with Crippen molar-refractivity contribution in [3.8, 4) is 0 Å². The summed E-state index contributed by atoms with van der Waals surface area (Å²) in [6.07, 6.45) is 2.12. The molecule has 0 aromatic carbocycles. The third kappa shape index (κ3) is 2.76. The van der Waals surface area contributed by atoms with Gasteiger partial charge in [0.25, 0.3) is 5.91 Å². The quantitative estimate of drug-likeness (QED) is 0.838. The standard InChI is InChI=1S/C12H17BrN2OS2/c1-14(2)9-6-15(7-10(9)17-3)12(16)11-8(13)4-5-18-11/h4-5,9-10H,6-7H2,1-3H3/t9-,10+/m1/s1. The van der Waals surface area contributed by atoms with Crippen LogP contribution >= 0.6 is 39.0 Å². The second-order valence-electron chi connectivity index (χ2n) is 4.61. The van der Waals surface area contributed by atoms with E-state index in [2.05, 4.69) is 41.2 Å². The largest absolute Gasteiger partial charge is 0.335 e. The number of hydrogen-bond donors (Lipinski definition) is 0. The molecular formula is C12H17BrN2OS2. The number of rotatable bonds is 3. The monoisotopic (exact) mass is 348 g/mol. The maximum Gasteiger partial charge on any atom is 0.265 e. The average molecular weight is 349 g/mol. The number of halogens is 1. The van der Waals surface area contributed by atoms with Gasteiger partial charge in [0.05, 0.1) is 0 Å². The van der Waals surface area contributed by atoms with Crippen molar-refractivity contribution in [1.29, 1.82) is 0 Å². The Bertz CT molecular complexity index is 435. The summed E-state index contributed by atoms with van der Waals surface area (Å²) in [4.78, 5) is 17.4. The first-order valence-electron chi connectivity index (χ1n) is 5.76. The van der Waals surface area contributed by atoms with E-state index in [1.165, 1.54) is 11.3 Å². The second kappa shape index (κ2) is 5.94. The van der Waals surface area contributed by atoms with Crippen molar-refractivity contribution in [3.63, 3.8) is 0 Å². The molecule has 1 aromatic rings. The number of thioether (sulfide) groups is 1. The Kier molecular flexibility index (Phi) is 4.75. The van der Waals surface area contributed by atoms with Gasteiger partial charge in [-0.05, 0) is 47.7 Å². The molecule has 0 radical (unpaired) electrons. The number of nitrogens with zero attached hydrogens (tertiary/aromatic N) is 2. The van der Waals surface area contributed by atoms with Crippen LogP contribution in [0.4, 0.5) is 0 Å². The van der Waals surface area contributed by atoms with Crippen molar-refractivity contribution in [2.45, 2.75) is 11.3 Å². The minimum atomic E-state index is 0.153. The molecule has 2 heterocycles. The van der Waals surface area contributed by atoms with E-state index in [9.17, 15) is 4.79 Å². The van der Waals surface area contributed by atoms with Gasteiger partial charge in [0, 0.05) is 28.9 Å². The lowest BCUT2D eigenvalue weighted by Gasteiger charge is -2.23. The molecule has 1 aliphatic rings. The Balaban J connectivity index is 2.12. The molecule has 2 rings (SSSR count). The Hall–Kier alpha value is -0.0400. The van der Waals surface area contributed by atoms with E-state index in [0.29, 0.717) is 11.3 Å². The van der Waals surface area contributed by atoms with Crippen LogP contribution < -0.4 is 0 Å². The Morgan fingerprint density at radius 2 is 2.28 bits per heavy atom. The normalized spacial score (nSPS) is 23.9. The van der Waals surface area contributed by atoms with E-state index < -0.39 is 0 Å². The molecular weight excluding hydrogens is 332 g/mol. The highest BCUT2D eigenvalue weighted by molar-refractivity contribution is 9.10. The molecule has 6 heteroatoms. The van der Waals surface area contributed by atoms with Crippen molar-refractivity contribution in [2.24, 2.45) is 0 Å². The molecule has 3 nitrogen and oxygen atoms in total. The van der Waals surface area contributed by atoms with Gasteiger partial charge in [-0.3, -0.25) is 4.79 Å².